The van der Waals surface area contributed by atoms with E-state index >= 15 is 0 Å². The minimum atomic E-state index is -2.07. The van der Waals surface area contributed by atoms with Crippen molar-refractivity contribution in [3.63, 3.8) is 0 Å². The summed E-state index contributed by atoms with van der Waals surface area (Å²) in [4.78, 5) is 12.7. The van der Waals surface area contributed by atoms with Gasteiger partial charge in [-0.3, -0.25) is 0 Å². The monoisotopic (exact) mass is 495 g/mol. The molecular weight excluding hydrogens is 464 g/mol. The number of aryl methyl sites for hydroxylation is 1. The van der Waals surface area contributed by atoms with Gasteiger partial charge in [-0.25, -0.2) is 9.97 Å². The molecule has 2 heterocycles. The third-order valence-electron chi connectivity index (χ3n) is 6.16. The van der Waals surface area contributed by atoms with E-state index in [9.17, 15) is 5.11 Å². The van der Waals surface area contributed by atoms with Crippen LogP contribution in [0.1, 0.15) is 0 Å². The fourth-order valence-electron chi connectivity index (χ4n) is 4.29. The highest BCUT2D eigenvalue weighted by molar-refractivity contribution is 6.40. The van der Waals surface area contributed by atoms with Crippen LogP contribution in [0.25, 0.3) is 22.2 Å². The number of nitrogens with zero attached hydrogens (tertiary/aromatic N) is 5. The average molecular weight is 495 g/mol. The number of likely N-dealkylation sites (N-methyl/N-ethyl adjacent to an activating group) is 1. The Bertz CT molecular complexity index is 1390. The maximum absolute atomic E-state index is 10.5. The van der Waals surface area contributed by atoms with Crippen LogP contribution in [0.2, 0.25) is 0 Å². The Hall–Kier alpha value is -3.69. The highest BCUT2D eigenvalue weighted by atomic mass is 16.5. The number of ether oxygens (including phenoxy) is 1. The first-order valence-electron chi connectivity index (χ1n) is 11.9. The van der Waals surface area contributed by atoms with E-state index in [1.54, 1.807) is 26.4 Å². The molecule has 3 N–H and O–H groups in total. The summed E-state index contributed by atoms with van der Waals surface area (Å²) in [6.45, 7) is 1.01. The van der Waals surface area contributed by atoms with Crippen LogP contribution >= 0.6 is 0 Å². The molecule has 0 unspecified atom stereocenters. The molecule has 4 rings (SSSR count). The second-order valence-corrected chi connectivity index (χ2v) is 9.12. The summed E-state index contributed by atoms with van der Waals surface area (Å²) in [7, 11) is 21.1. The first-order valence-corrected chi connectivity index (χ1v) is 11.9. The van der Waals surface area contributed by atoms with Crippen LogP contribution in [-0.4, -0.2) is 87.1 Å². The Balaban J connectivity index is 1.71. The lowest BCUT2D eigenvalue weighted by Crippen LogP contribution is -2.52. The Morgan fingerprint density at radius 1 is 1.11 bits per heavy atom. The van der Waals surface area contributed by atoms with Gasteiger partial charge in [0.2, 0.25) is 5.95 Å². The molecule has 0 aliphatic rings. The van der Waals surface area contributed by atoms with Crippen LogP contribution in [0, 0.1) is 0 Å². The van der Waals surface area contributed by atoms with Gasteiger partial charge in [-0.1, -0.05) is 18.2 Å². The molecule has 2 aromatic carbocycles. The van der Waals surface area contributed by atoms with Gasteiger partial charge in [-0.05, 0) is 32.3 Å². The zero-order valence-electron chi connectivity index (χ0n) is 21.9. The van der Waals surface area contributed by atoms with Crippen LogP contribution < -0.4 is 20.3 Å². The molecule has 2 aromatic heterocycles. The van der Waals surface area contributed by atoms with Crippen molar-refractivity contribution in [2.75, 3.05) is 56.9 Å². The van der Waals surface area contributed by atoms with Crippen molar-refractivity contribution < 1.29 is 9.84 Å². The lowest BCUT2D eigenvalue weighted by atomic mass is 9.71. The van der Waals surface area contributed by atoms with Crippen molar-refractivity contribution in [3.05, 3.63) is 54.9 Å². The van der Waals surface area contributed by atoms with Crippen LogP contribution in [0.3, 0.4) is 0 Å². The third-order valence-corrected chi connectivity index (χ3v) is 6.16. The van der Waals surface area contributed by atoms with E-state index in [0.717, 1.165) is 22.2 Å². The fraction of sp³-hybridized carbons (Fsp3) is 0.308. The van der Waals surface area contributed by atoms with Gasteiger partial charge in [0.1, 0.15) is 21.4 Å². The lowest BCUT2D eigenvalue weighted by Gasteiger charge is -2.39. The Labute approximate surface area is 220 Å². The Morgan fingerprint density at radius 2 is 1.86 bits per heavy atom. The van der Waals surface area contributed by atoms with E-state index in [0.29, 0.717) is 41.8 Å². The van der Waals surface area contributed by atoms with E-state index in [-0.39, 0.29) is 0 Å². The number of fused-ring (bicyclic) bond motifs is 1. The average Bonchev–Trinajstić information content (AvgIpc) is 3.20. The number of hydrogen-bond acceptors (Lipinski definition) is 8. The summed E-state index contributed by atoms with van der Waals surface area (Å²) in [6, 6.07) is 13.7. The van der Waals surface area contributed by atoms with Crippen molar-refractivity contribution in [2.45, 2.75) is 5.52 Å². The molecule has 37 heavy (non-hydrogen) atoms. The lowest BCUT2D eigenvalue weighted by molar-refractivity contribution is 0.202. The van der Waals surface area contributed by atoms with E-state index in [2.05, 4.69) is 38.5 Å². The highest BCUT2D eigenvalue weighted by Crippen LogP contribution is 2.39. The zero-order valence-corrected chi connectivity index (χ0v) is 21.9. The number of anilines is 4. The molecule has 0 bridgehead atoms. The molecule has 4 radical (unpaired) electrons. The molecule has 4 aromatic rings. The van der Waals surface area contributed by atoms with E-state index in [4.69, 9.17) is 25.4 Å². The first-order chi connectivity index (χ1) is 17.6. The molecule has 0 saturated carbocycles. The predicted molar refractivity (Wildman–Crippen MR) is 152 cm³/mol. The quantitative estimate of drug-likeness (QED) is 0.229. The number of aliphatic hydroxyl groups is 1. The molecule has 0 atom stereocenters. The van der Waals surface area contributed by atoms with Crippen LogP contribution in [0.4, 0.5) is 23.0 Å². The molecule has 0 amide bonds. The first kappa shape index (κ1) is 26.4. The fourth-order valence-corrected chi connectivity index (χ4v) is 4.29. The van der Waals surface area contributed by atoms with Gasteiger partial charge in [-0.2, -0.15) is 0 Å². The molecule has 0 saturated heterocycles. The summed E-state index contributed by atoms with van der Waals surface area (Å²) < 4.78 is 7.75. The maximum Gasteiger partial charge on any atom is 0.227 e. The summed E-state index contributed by atoms with van der Waals surface area (Å²) in [5.41, 5.74) is 2.77. The maximum atomic E-state index is 10.5. The number of para-hydroxylation sites is 1. The van der Waals surface area contributed by atoms with Crippen LogP contribution in [0.5, 0.6) is 5.75 Å². The molecule has 9 nitrogen and oxygen atoms in total. The smallest absolute Gasteiger partial charge is 0.227 e. The molecular formula is C26H31B2N7O2. The molecule has 11 heteroatoms. The second-order valence-electron chi connectivity index (χ2n) is 9.12. The van der Waals surface area contributed by atoms with Crippen molar-refractivity contribution in [1.29, 1.82) is 0 Å². The predicted octanol–water partition coefficient (Wildman–Crippen LogP) is 2.74. The minimum absolute atomic E-state index is 0.386. The number of nitrogens with one attached hydrogen (secondary N) is 2. The standard InChI is InChI=1S/C26H31B2N7O2/c1-29-20-14-21(24(37-5)15-23(20)35(26(27,28)36)13-12-33(2)3)32-25-30-11-10-19(31-25)18-16-34(4)22-9-7-6-8-17(18)22/h6-11,14-16,29,36H,12-13H2,1-5H3,(H,30,31,32). The van der Waals surface area contributed by atoms with Gasteiger partial charge in [0, 0.05) is 67.6 Å². The van der Waals surface area contributed by atoms with Gasteiger partial charge in [0.05, 0.1) is 29.9 Å². The summed E-state index contributed by atoms with van der Waals surface area (Å²) in [5.74, 6) is 0.921. The van der Waals surface area contributed by atoms with Crippen LogP contribution in [0.15, 0.2) is 54.9 Å². The summed E-state index contributed by atoms with van der Waals surface area (Å²) >= 11 is 0. The van der Waals surface area contributed by atoms with Gasteiger partial charge in [0.25, 0.3) is 0 Å². The number of aromatic nitrogens is 3. The second kappa shape index (κ2) is 10.7. The summed E-state index contributed by atoms with van der Waals surface area (Å²) in [6.07, 6.45) is 3.78. The number of methoxy groups -OCH3 is 1. The zero-order chi connectivity index (χ0) is 26.7. The SMILES string of the molecule is [B]C([B])(O)N(CCN(C)C)c1cc(OC)c(Nc2nccc(-c3cn(C)c4ccccc34)n2)cc1NC. The van der Waals surface area contributed by atoms with Crippen molar-refractivity contribution in [3.8, 4) is 17.0 Å². The van der Waals surface area contributed by atoms with Gasteiger partial charge >= 0.3 is 0 Å². The van der Waals surface area contributed by atoms with Crippen molar-refractivity contribution >= 4 is 49.6 Å². The van der Waals surface area contributed by atoms with Crippen molar-refractivity contribution in [1.82, 2.24) is 19.4 Å². The molecule has 0 spiro atoms. The largest absolute Gasteiger partial charge is 0.494 e. The van der Waals surface area contributed by atoms with Gasteiger partial charge in [-0.15, -0.1) is 0 Å². The van der Waals surface area contributed by atoms with Gasteiger partial charge in [0.15, 0.2) is 0 Å². The highest BCUT2D eigenvalue weighted by Gasteiger charge is 2.26. The van der Waals surface area contributed by atoms with E-state index in [1.165, 1.54) is 4.90 Å². The van der Waals surface area contributed by atoms with Crippen LogP contribution in [-0.2, 0) is 7.05 Å². The van der Waals surface area contributed by atoms with E-state index < -0.39 is 5.52 Å². The number of benzene rings is 2. The Morgan fingerprint density at radius 3 is 2.54 bits per heavy atom. The third kappa shape index (κ3) is 5.68. The number of hydrogen-bond donors (Lipinski definition) is 3. The minimum Gasteiger partial charge on any atom is -0.494 e. The molecule has 0 fully saturated rings. The normalized spacial score (nSPS) is 11.6. The molecule has 0 aliphatic heterocycles. The molecule has 188 valence electrons. The molecule has 0 aliphatic carbocycles. The van der Waals surface area contributed by atoms with E-state index in [1.807, 2.05) is 50.3 Å². The van der Waals surface area contributed by atoms with Gasteiger partial charge < -0.3 is 34.8 Å². The number of rotatable bonds is 10. The Kier molecular flexibility index (Phi) is 7.65. The summed E-state index contributed by atoms with van der Waals surface area (Å²) in [5, 5.41) is 18.0. The topological polar surface area (TPSA) is 90.7 Å². The van der Waals surface area contributed by atoms with Crippen molar-refractivity contribution in [2.24, 2.45) is 7.05 Å².